The van der Waals surface area contributed by atoms with Crippen molar-refractivity contribution in [2.45, 2.75) is 0 Å². The molecule has 0 fully saturated rings. The Labute approximate surface area is 82.9 Å². The molecule has 0 aliphatic heterocycles. The van der Waals surface area contributed by atoms with Crippen LogP contribution in [0.5, 0.6) is 0 Å². The predicted octanol–water partition coefficient (Wildman–Crippen LogP) is 1.48. The predicted molar refractivity (Wildman–Crippen MR) is 52.8 cm³/mol. The van der Waals surface area contributed by atoms with Gasteiger partial charge in [0.05, 0.1) is 5.51 Å². The van der Waals surface area contributed by atoms with Gasteiger partial charge in [0.15, 0.2) is 17.1 Å². The highest BCUT2D eigenvalue weighted by atomic mass is 32.1. The lowest BCUT2D eigenvalue weighted by molar-refractivity contribution is 1.26. The number of rotatable bonds is 1. The molecule has 0 bridgehead atoms. The van der Waals surface area contributed by atoms with Crippen LogP contribution in [0.1, 0.15) is 0 Å². The molecule has 6 heteroatoms. The van der Waals surface area contributed by atoms with Crippen LogP contribution in [-0.2, 0) is 0 Å². The Bertz CT molecular complexity index is 523. The topological polar surface area (TPSA) is 67.3 Å². The Balaban J connectivity index is 2.24. The van der Waals surface area contributed by atoms with E-state index in [0.717, 1.165) is 5.69 Å². The van der Waals surface area contributed by atoms with Gasteiger partial charge >= 0.3 is 0 Å². The highest BCUT2D eigenvalue weighted by molar-refractivity contribution is 7.07. The Kier molecular flexibility index (Phi) is 1.54. The van der Waals surface area contributed by atoms with Crippen molar-refractivity contribution in [1.82, 2.24) is 24.9 Å². The number of hydrogen-bond acceptors (Lipinski definition) is 5. The fourth-order valence-electron chi connectivity index (χ4n) is 1.20. The first-order chi connectivity index (χ1) is 6.93. The van der Waals surface area contributed by atoms with Crippen molar-refractivity contribution in [2.75, 3.05) is 0 Å². The highest BCUT2D eigenvalue weighted by Gasteiger charge is 2.07. The molecule has 0 unspecified atom stereocenters. The number of hydrogen-bond donors (Lipinski definition) is 1. The first kappa shape index (κ1) is 7.57. The number of nitrogens with one attached hydrogen (secondary N) is 1. The van der Waals surface area contributed by atoms with E-state index in [4.69, 9.17) is 0 Å². The van der Waals surface area contributed by atoms with Crippen LogP contribution in [0.2, 0.25) is 0 Å². The SMILES string of the molecule is c1cnc2[nH]c(-c3cscn3)nc2n1. The molecule has 3 aromatic heterocycles. The first-order valence-corrected chi connectivity index (χ1v) is 4.93. The van der Waals surface area contributed by atoms with E-state index in [1.165, 1.54) is 11.3 Å². The molecule has 0 aliphatic carbocycles. The van der Waals surface area contributed by atoms with Crippen LogP contribution < -0.4 is 0 Å². The fraction of sp³-hybridized carbons (Fsp3) is 0. The number of nitrogens with zero attached hydrogens (tertiary/aromatic N) is 4. The van der Waals surface area contributed by atoms with Gasteiger partial charge in [0, 0.05) is 17.8 Å². The third-order valence-corrected chi connectivity index (χ3v) is 2.39. The maximum Gasteiger partial charge on any atom is 0.197 e. The van der Waals surface area contributed by atoms with E-state index in [0.29, 0.717) is 17.1 Å². The average molecular weight is 203 g/mol. The van der Waals surface area contributed by atoms with Crippen molar-refractivity contribution >= 4 is 22.6 Å². The zero-order chi connectivity index (χ0) is 9.38. The van der Waals surface area contributed by atoms with Crippen molar-refractivity contribution in [3.8, 4) is 11.5 Å². The fourth-order valence-corrected chi connectivity index (χ4v) is 1.73. The molecule has 0 radical (unpaired) electrons. The van der Waals surface area contributed by atoms with Crippen LogP contribution >= 0.6 is 11.3 Å². The summed E-state index contributed by atoms with van der Waals surface area (Å²) >= 11 is 1.53. The Hall–Kier alpha value is -1.82. The van der Waals surface area contributed by atoms with Gasteiger partial charge in [-0.3, -0.25) is 0 Å². The number of aromatic amines is 1. The minimum absolute atomic E-state index is 0.621. The summed E-state index contributed by atoms with van der Waals surface area (Å²) in [6.07, 6.45) is 3.25. The van der Waals surface area contributed by atoms with Crippen LogP contribution in [0, 0.1) is 0 Å². The third-order valence-electron chi connectivity index (χ3n) is 1.81. The number of aromatic nitrogens is 5. The van der Waals surface area contributed by atoms with Crippen LogP contribution in [-0.4, -0.2) is 24.9 Å². The summed E-state index contributed by atoms with van der Waals surface area (Å²) in [6, 6.07) is 0. The molecule has 0 aliphatic rings. The Morgan fingerprint density at radius 1 is 1.14 bits per heavy atom. The van der Waals surface area contributed by atoms with E-state index in [2.05, 4.69) is 24.9 Å². The molecule has 3 aromatic rings. The van der Waals surface area contributed by atoms with Crippen molar-refractivity contribution in [2.24, 2.45) is 0 Å². The molecule has 0 amide bonds. The van der Waals surface area contributed by atoms with Gasteiger partial charge in [0.2, 0.25) is 0 Å². The zero-order valence-corrected chi connectivity index (χ0v) is 7.82. The molecule has 3 rings (SSSR count). The summed E-state index contributed by atoms with van der Waals surface area (Å²) in [4.78, 5) is 19.7. The van der Waals surface area contributed by atoms with E-state index in [1.807, 2.05) is 5.38 Å². The quantitative estimate of drug-likeness (QED) is 0.650. The molecule has 0 aromatic carbocycles. The van der Waals surface area contributed by atoms with Gasteiger partial charge in [0.25, 0.3) is 0 Å². The summed E-state index contributed by atoms with van der Waals surface area (Å²) in [6.45, 7) is 0. The summed E-state index contributed by atoms with van der Waals surface area (Å²) in [5, 5.41) is 1.93. The Morgan fingerprint density at radius 2 is 2.07 bits per heavy atom. The lowest BCUT2D eigenvalue weighted by Crippen LogP contribution is -1.78. The van der Waals surface area contributed by atoms with Crippen molar-refractivity contribution < 1.29 is 0 Å². The zero-order valence-electron chi connectivity index (χ0n) is 7.01. The molecule has 1 N–H and O–H groups in total. The summed E-state index contributed by atoms with van der Waals surface area (Å²) in [5.41, 5.74) is 3.91. The smallest absolute Gasteiger partial charge is 0.197 e. The van der Waals surface area contributed by atoms with Gasteiger partial charge in [-0.2, -0.15) is 0 Å². The van der Waals surface area contributed by atoms with Crippen LogP contribution in [0.15, 0.2) is 23.3 Å². The van der Waals surface area contributed by atoms with E-state index >= 15 is 0 Å². The van der Waals surface area contributed by atoms with Crippen LogP contribution in [0.4, 0.5) is 0 Å². The van der Waals surface area contributed by atoms with E-state index in [-0.39, 0.29) is 0 Å². The lowest BCUT2D eigenvalue weighted by Gasteiger charge is -1.84. The second-order valence-corrected chi connectivity index (χ2v) is 3.41. The molecule has 0 spiro atoms. The van der Waals surface area contributed by atoms with Gasteiger partial charge in [-0.15, -0.1) is 11.3 Å². The first-order valence-electron chi connectivity index (χ1n) is 3.99. The minimum Gasteiger partial charge on any atom is -0.320 e. The minimum atomic E-state index is 0.621. The van der Waals surface area contributed by atoms with Crippen LogP contribution in [0.25, 0.3) is 22.8 Å². The summed E-state index contributed by atoms with van der Waals surface area (Å²) < 4.78 is 0. The Morgan fingerprint density at radius 3 is 2.86 bits per heavy atom. The monoisotopic (exact) mass is 203 g/mol. The van der Waals surface area contributed by atoms with E-state index < -0.39 is 0 Å². The maximum atomic E-state index is 4.27. The molecule has 5 nitrogen and oxygen atoms in total. The van der Waals surface area contributed by atoms with Gasteiger partial charge in [0.1, 0.15) is 5.69 Å². The molecular formula is C8H5N5S. The van der Waals surface area contributed by atoms with Gasteiger partial charge < -0.3 is 4.98 Å². The average Bonchev–Trinajstić information content (AvgIpc) is 2.86. The molecule has 3 heterocycles. The second kappa shape index (κ2) is 2.85. The lowest BCUT2D eigenvalue weighted by atomic mass is 10.5. The molecule has 0 atom stereocenters. The number of H-pyrrole nitrogens is 1. The summed E-state index contributed by atoms with van der Waals surface area (Å²) in [5.74, 6) is 0.715. The standard InChI is InChI=1S/C8H5N5S/c1-2-10-8-7(9-1)12-6(13-8)5-3-14-4-11-5/h1-4H,(H,9,10,12,13). The molecule has 14 heavy (non-hydrogen) atoms. The maximum absolute atomic E-state index is 4.27. The normalized spacial score (nSPS) is 10.9. The van der Waals surface area contributed by atoms with Gasteiger partial charge in [-0.05, 0) is 0 Å². The number of thiazole rings is 1. The van der Waals surface area contributed by atoms with Gasteiger partial charge in [-0.25, -0.2) is 19.9 Å². The van der Waals surface area contributed by atoms with Gasteiger partial charge in [-0.1, -0.05) is 0 Å². The molecular weight excluding hydrogens is 198 g/mol. The van der Waals surface area contributed by atoms with E-state index in [9.17, 15) is 0 Å². The molecule has 0 saturated heterocycles. The highest BCUT2D eigenvalue weighted by Crippen LogP contribution is 2.17. The number of fused-ring (bicyclic) bond motifs is 1. The third kappa shape index (κ3) is 1.08. The summed E-state index contributed by atoms with van der Waals surface area (Å²) in [7, 11) is 0. The van der Waals surface area contributed by atoms with Crippen LogP contribution in [0.3, 0.4) is 0 Å². The largest absolute Gasteiger partial charge is 0.320 e. The van der Waals surface area contributed by atoms with Crippen molar-refractivity contribution in [3.63, 3.8) is 0 Å². The molecule has 68 valence electrons. The number of imidazole rings is 1. The van der Waals surface area contributed by atoms with E-state index in [1.54, 1.807) is 17.9 Å². The molecule has 0 saturated carbocycles. The second-order valence-electron chi connectivity index (χ2n) is 2.69. The van der Waals surface area contributed by atoms with Crippen molar-refractivity contribution in [1.29, 1.82) is 0 Å². The van der Waals surface area contributed by atoms with Crippen molar-refractivity contribution in [3.05, 3.63) is 23.3 Å².